The van der Waals surface area contributed by atoms with Crippen LogP contribution < -0.4 is 19.6 Å². The molecule has 10 heteroatoms. The van der Waals surface area contributed by atoms with Gasteiger partial charge in [0.25, 0.3) is 5.56 Å². The van der Waals surface area contributed by atoms with Crippen molar-refractivity contribution in [3.05, 3.63) is 132 Å². The average Bonchev–Trinajstić information content (AvgIpc) is 3.58. The molecular formula is C33H27ClN4O4S. The Kier molecular flexibility index (Phi) is 7.84. The molecule has 0 radical (unpaired) electrons. The van der Waals surface area contributed by atoms with Crippen molar-refractivity contribution in [1.29, 1.82) is 0 Å². The molecule has 0 saturated heterocycles. The molecule has 0 N–H and O–H groups in total. The van der Waals surface area contributed by atoms with E-state index in [1.807, 2.05) is 79.0 Å². The van der Waals surface area contributed by atoms with E-state index in [4.69, 9.17) is 26.2 Å². The fraction of sp³-hybridized carbons (Fsp3) is 0.152. The molecule has 0 aliphatic carbocycles. The van der Waals surface area contributed by atoms with E-state index in [9.17, 15) is 9.59 Å². The molecule has 0 saturated carbocycles. The molecule has 3 aromatic carbocycles. The molecule has 1 aliphatic heterocycles. The summed E-state index contributed by atoms with van der Waals surface area (Å²) in [6.07, 6.45) is 3.72. The summed E-state index contributed by atoms with van der Waals surface area (Å²) in [6.45, 7) is 3.72. The summed E-state index contributed by atoms with van der Waals surface area (Å²) in [5.74, 6) is 0.160. The first-order valence-electron chi connectivity index (χ1n) is 13.6. The Morgan fingerprint density at radius 3 is 2.44 bits per heavy atom. The van der Waals surface area contributed by atoms with Gasteiger partial charge in [-0.1, -0.05) is 65.4 Å². The summed E-state index contributed by atoms with van der Waals surface area (Å²) in [4.78, 5) is 32.5. The van der Waals surface area contributed by atoms with Crippen molar-refractivity contribution >= 4 is 35.0 Å². The largest absolute Gasteiger partial charge is 0.497 e. The van der Waals surface area contributed by atoms with E-state index in [1.54, 1.807) is 42.3 Å². The number of aromatic nitrogens is 3. The number of methoxy groups -OCH3 is 1. The monoisotopic (exact) mass is 610 g/mol. The third kappa shape index (κ3) is 5.45. The van der Waals surface area contributed by atoms with Crippen LogP contribution in [0.4, 0.5) is 0 Å². The maximum Gasteiger partial charge on any atom is 0.338 e. The lowest BCUT2D eigenvalue weighted by molar-refractivity contribution is -0.139. The second-order valence-corrected chi connectivity index (χ2v) is 11.2. The zero-order chi connectivity index (χ0) is 30.1. The summed E-state index contributed by atoms with van der Waals surface area (Å²) in [6, 6.07) is 23.8. The molecule has 43 heavy (non-hydrogen) atoms. The van der Waals surface area contributed by atoms with Crippen LogP contribution in [0.15, 0.2) is 106 Å². The molecule has 3 heterocycles. The summed E-state index contributed by atoms with van der Waals surface area (Å²) < 4.78 is 14.6. The van der Waals surface area contributed by atoms with Gasteiger partial charge in [-0.3, -0.25) is 9.36 Å². The van der Waals surface area contributed by atoms with Crippen molar-refractivity contribution in [2.75, 3.05) is 13.7 Å². The Bertz CT molecular complexity index is 2030. The molecule has 0 spiro atoms. The van der Waals surface area contributed by atoms with E-state index in [-0.39, 0.29) is 12.2 Å². The van der Waals surface area contributed by atoms with Crippen molar-refractivity contribution in [1.82, 2.24) is 14.3 Å². The van der Waals surface area contributed by atoms with Crippen molar-refractivity contribution in [2.24, 2.45) is 4.99 Å². The molecule has 6 rings (SSSR count). The van der Waals surface area contributed by atoms with E-state index in [2.05, 4.69) is 4.99 Å². The predicted octanol–water partition coefficient (Wildman–Crippen LogP) is 5.31. The van der Waals surface area contributed by atoms with Crippen LogP contribution in [0.3, 0.4) is 0 Å². The molecule has 2 aromatic heterocycles. The Labute approximate surface area is 256 Å². The van der Waals surface area contributed by atoms with Crippen LogP contribution in [0.2, 0.25) is 5.02 Å². The molecule has 5 aromatic rings. The number of ether oxygens (including phenoxy) is 2. The van der Waals surface area contributed by atoms with Gasteiger partial charge in [-0.25, -0.2) is 14.5 Å². The molecule has 0 fully saturated rings. The van der Waals surface area contributed by atoms with Crippen molar-refractivity contribution in [2.45, 2.75) is 19.9 Å². The third-order valence-corrected chi connectivity index (χ3v) is 8.35. The number of carbonyl (C=O) groups excluding carboxylic acids is 1. The van der Waals surface area contributed by atoms with Gasteiger partial charge < -0.3 is 9.47 Å². The minimum atomic E-state index is -0.717. The van der Waals surface area contributed by atoms with E-state index in [1.165, 1.54) is 11.3 Å². The highest BCUT2D eigenvalue weighted by Crippen LogP contribution is 2.32. The van der Waals surface area contributed by atoms with Crippen LogP contribution in [0.25, 0.3) is 23.0 Å². The smallest absolute Gasteiger partial charge is 0.338 e. The van der Waals surface area contributed by atoms with Gasteiger partial charge in [-0.2, -0.15) is 5.10 Å². The van der Waals surface area contributed by atoms with Crippen LogP contribution in [-0.4, -0.2) is 34.0 Å². The number of esters is 1. The molecule has 0 unspecified atom stereocenters. The Hall–Kier alpha value is -4.73. The SMILES string of the molecule is CCOC(=O)C1=C(C)N=c2s/c(=C\c3cn(-c4ccccc4)nc3-c3ccc(Cl)cc3)c(=O)n2[C@@H]1c1ccc(OC)cc1. The number of halogens is 1. The molecule has 1 aliphatic rings. The van der Waals surface area contributed by atoms with Gasteiger partial charge in [0.05, 0.1) is 41.2 Å². The summed E-state index contributed by atoms with van der Waals surface area (Å²) >= 11 is 7.43. The zero-order valence-corrected chi connectivity index (χ0v) is 25.2. The highest BCUT2D eigenvalue weighted by atomic mass is 35.5. The zero-order valence-electron chi connectivity index (χ0n) is 23.7. The van der Waals surface area contributed by atoms with Crippen LogP contribution >= 0.6 is 22.9 Å². The molecule has 0 bridgehead atoms. The van der Waals surface area contributed by atoms with Crippen LogP contribution in [0.1, 0.15) is 31.0 Å². The maximum atomic E-state index is 14.2. The number of para-hydroxylation sites is 1. The fourth-order valence-corrected chi connectivity index (χ4v) is 6.24. The van der Waals surface area contributed by atoms with Crippen LogP contribution in [-0.2, 0) is 9.53 Å². The second kappa shape index (κ2) is 11.9. The number of benzene rings is 3. The van der Waals surface area contributed by atoms with Crippen LogP contribution in [0.5, 0.6) is 5.75 Å². The fourth-order valence-electron chi connectivity index (χ4n) is 5.07. The molecule has 216 valence electrons. The lowest BCUT2D eigenvalue weighted by Crippen LogP contribution is -2.39. The van der Waals surface area contributed by atoms with Gasteiger partial charge in [0.1, 0.15) is 11.4 Å². The standard InChI is InChI=1S/C33H27ClN4O4S/c1-4-42-32(40)28-20(2)35-33-38(30(28)22-12-16-26(41-3)17-13-22)31(39)27(43-33)18-23-19-37(25-8-6-5-7-9-25)36-29(23)21-10-14-24(34)15-11-21/h5-19,30H,4H2,1-3H3/b27-18-/t30-/m1/s1. The number of allylic oxidation sites excluding steroid dienone is 1. The lowest BCUT2D eigenvalue weighted by Gasteiger charge is -2.24. The number of carbonyl (C=O) groups is 1. The first kappa shape index (κ1) is 28.4. The van der Waals surface area contributed by atoms with E-state index in [0.717, 1.165) is 22.4 Å². The Morgan fingerprint density at radius 2 is 1.77 bits per heavy atom. The van der Waals surface area contributed by atoms with Gasteiger partial charge >= 0.3 is 5.97 Å². The summed E-state index contributed by atoms with van der Waals surface area (Å²) in [5, 5.41) is 5.49. The number of rotatable bonds is 7. The van der Waals surface area contributed by atoms with Gasteiger partial charge in [0.15, 0.2) is 4.80 Å². The van der Waals surface area contributed by atoms with E-state index >= 15 is 0 Å². The first-order chi connectivity index (χ1) is 20.9. The predicted molar refractivity (Wildman–Crippen MR) is 167 cm³/mol. The number of hydrogen-bond donors (Lipinski definition) is 0. The molecule has 0 amide bonds. The number of thiazole rings is 1. The van der Waals surface area contributed by atoms with Gasteiger partial charge in [-0.15, -0.1) is 0 Å². The quantitative estimate of drug-likeness (QED) is 0.233. The van der Waals surface area contributed by atoms with E-state index in [0.29, 0.717) is 37.1 Å². The third-order valence-electron chi connectivity index (χ3n) is 7.12. The maximum absolute atomic E-state index is 14.2. The van der Waals surface area contributed by atoms with E-state index < -0.39 is 12.0 Å². The number of nitrogens with zero attached hydrogens (tertiary/aromatic N) is 4. The number of hydrogen-bond acceptors (Lipinski definition) is 7. The number of fused-ring (bicyclic) bond motifs is 1. The highest BCUT2D eigenvalue weighted by Gasteiger charge is 2.33. The second-order valence-electron chi connectivity index (χ2n) is 9.80. The highest BCUT2D eigenvalue weighted by molar-refractivity contribution is 7.07. The van der Waals surface area contributed by atoms with Crippen molar-refractivity contribution in [3.8, 4) is 22.7 Å². The normalized spacial score (nSPS) is 14.8. The van der Waals surface area contributed by atoms with Gasteiger partial charge in [0, 0.05) is 22.3 Å². The lowest BCUT2D eigenvalue weighted by atomic mass is 9.96. The molecular weight excluding hydrogens is 584 g/mol. The summed E-state index contributed by atoms with van der Waals surface area (Å²) in [5.41, 5.74) is 4.48. The van der Waals surface area contributed by atoms with Crippen molar-refractivity contribution in [3.63, 3.8) is 0 Å². The average molecular weight is 611 g/mol. The first-order valence-corrected chi connectivity index (χ1v) is 14.8. The topological polar surface area (TPSA) is 87.7 Å². The Balaban J connectivity index is 1.55. The molecule has 1 atom stereocenters. The molecule has 8 nitrogen and oxygen atoms in total. The van der Waals surface area contributed by atoms with Crippen molar-refractivity contribution < 1.29 is 14.3 Å². The summed E-state index contributed by atoms with van der Waals surface area (Å²) in [7, 11) is 1.59. The van der Waals surface area contributed by atoms with Gasteiger partial charge in [0.2, 0.25) is 0 Å². The minimum absolute atomic E-state index is 0.203. The Morgan fingerprint density at radius 1 is 1.05 bits per heavy atom. The van der Waals surface area contributed by atoms with Gasteiger partial charge in [-0.05, 0) is 61.9 Å². The van der Waals surface area contributed by atoms with Crippen LogP contribution in [0, 0.1) is 0 Å². The minimum Gasteiger partial charge on any atom is -0.497 e.